The summed E-state index contributed by atoms with van der Waals surface area (Å²) in [7, 11) is 1.41. The first-order chi connectivity index (χ1) is 8.70. The first-order valence-corrected chi connectivity index (χ1v) is 6.09. The number of hydrogen-bond donors (Lipinski definition) is 1. The maximum absolute atomic E-state index is 11.1. The SMILES string of the molecule is COC(=O)CC[C@@H]([NH3+])c1ccc2ccccc2c1. The summed E-state index contributed by atoms with van der Waals surface area (Å²) in [5.74, 6) is -0.176. The van der Waals surface area contributed by atoms with E-state index in [2.05, 4.69) is 40.8 Å². The highest BCUT2D eigenvalue weighted by molar-refractivity contribution is 5.83. The van der Waals surface area contributed by atoms with Crippen LogP contribution in [0.5, 0.6) is 0 Å². The van der Waals surface area contributed by atoms with Crippen molar-refractivity contribution in [1.29, 1.82) is 0 Å². The quantitative estimate of drug-likeness (QED) is 0.837. The van der Waals surface area contributed by atoms with Crippen LogP contribution < -0.4 is 5.73 Å². The lowest BCUT2D eigenvalue weighted by Gasteiger charge is -2.09. The summed E-state index contributed by atoms with van der Waals surface area (Å²) < 4.78 is 4.64. The van der Waals surface area contributed by atoms with Crippen LogP contribution in [0.25, 0.3) is 10.8 Å². The number of fused-ring (bicyclic) bond motifs is 1. The number of esters is 1. The van der Waals surface area contributed by atoms with Crippen molar-refractivity contribution in [2.75, 3.05) is 7.11 Å². The molecule has 0 spiro atoms. The van der Waals surface area contributed by atoms with Crippen LogP contribution in [0.3, 0.4) is 0 Å². The van der Waals surface area contributed by atoms with Crippen LogP contribution >= 0.6 is 0 Å². The maximum atomic E-state index is 11.1. The fourth-order valence-corrected chi connectivity index (χ4v) is 2.02. The molecule has 0 heterocycles. The average Bonchev–Trinajstić information content (AvgIpc) is 2.43. The molecule has 0 unspecified atom stereocenters. The van der Waals surface area contributed by atoms with Gasteiger partial charge in [-0.05, 0) is 16.8 Å². The van der Waals surface area contributed by atoms with Crippen LogP contribution in [-0.2, 0) is 9.53 Å². The highest BCUT2D eigenvalue weighted by atomic mass is 16.5. The predicted octanol–water partition coefficient (Wildman–Crippen LogP) is 2.08. The number of carbonyl (C=O) groups excluding carboxylic acids is 1. The summed E-state index contributed by atoms with van der Waals surface area (Å²) in [6, 6.07) is 14.7. The minimum absolute atomic E-state index is 0.119. The van der Waals surface area contributed by atoms with Crippen LogP contribution in [0.2, 0.25) is 0 Å². The van der Waals surface area contributed by atoms with Crippen molar-refractivity contribution in [3.8, 4) is 0 Å². The Hall–Kier alpha value is -1.87. The van der Waals surface area contributed by atoms with Gasteiger partial charge in [0.05, 0.1) is 13.5 Å². The Bertz CT molecular complexity index is 551. The molecule has 0 aliphatic rings. The van der Waals surface area contributed by atoms with E-state index in [4.69, 9.17) is 0 Å². The summed E-state index contributed by atoms with van der Waals surface area (Å²) in [6.07, 6.45) is 1.13. The number of ether oxygens (including phenoxy) is 1. The molecule has 2 aromatic carbocycles. The lowest BCUT2D eigenvalue weighted by molar-refractivity contribution is -0.427. The second-order valence-corrected chi connectivity index (χ2v) is 4.42. The molecule has 3 heteroatoms. The fourth-order valence-electron chi connectivity index (χ4n) is 2.02. The molecule has 1 atom stereocenters. The topological polar surface area (TPSA) is 53.9 Å². The normalized spacial score (nSPS) is 12.3. The van der Waals surface area contributed by atoms with Gasteiger partial charge in [0, 0.05) is 12.0 Å². The second-order valence-electron chi connectivity index (χ2n) is 4.42. The standard InChI is InChI=1S/C15H17NO2/c1-18-15(17)9-8-14(16)13-7-6-11-4-2-3-5-12(11)10-13/h2-7,10,14H,8-9,16H2,1H3/p+1/t14-/m1/s1. The Morgan fingerprint density at radius 1 is 1.22 bits per heavy atom. The number of rotatable bonds is 4. The summed E-state index contributed by atoms with van der Waals surface area (Å²) in [4.78, 5) is 11.1. The van der Waals surface area contributed by atoms with Crippen LogP contribution in [0.1, 0.15) is 24.4 Å². The van der Waals surface area contributed by atoms with E-state index in [0.717, 1.165) is 5.56 Å². The molecule has 0 amide bonds. The van der Waals surface area contributed by atoms with E-state index in [1.54, 1.807) is 0 Å². The maximum Gasteiger partial charge on any atom is 0.305 e. The molecular weight excluding hydrogens is 226 g/mol. The molecule has 0 saturated heterocycles. The Kier molecular flexibility index (Phi) is 3.95. The molecule has 0 aromatic heterocycles. The smallest absolute Gasteiger partial charge is 0.305 e. The molecule has 0 fully saturated rings. The Morgan fingerprint density at radius 2 is 1.94 bits per heavy atom. The zero-order valence-electron chi connectivity index (χ0n) is 10.6. The Morgan fingerprint density at radius 3 is 2.67 bits per heavy atom. The zero-order chi connectivity index (χ0) is 13.0. The number of hydrogen-bond acceptors (Lipinski definition) is 2. The van der Waals surface area contributed by atoms with Gasteiger partial charge in [-0.3, -0.25) is 4.79 Å². The lowest BCUT2D eigenvalue weighted by Crippen LogP contribution is -2.53. The number of methoxy groups -OCH3 is 1. The molecule has 18 heavy (non-hydrogen) atoms. The van der Waals surface area contributed by atoms with Crippen LogP contribution in [0.15, 0.2) is 42.5 Å². The Labute approximate surface area is 107 Å². The molecule has 0 aliphatic heterocycles. The van der Waals surface area contributed by atoms with Crippen molar-refractivity contribution in [1.82, 2.24) is 0 Å². The van der Waals surface area contributed by atoms with Gasteiger partial charge in [-0.25, -0.2) is 0 Å². The van der Waals surface area contributed by atoms with E-state index >= 15 is 0 Å². The molecule has 94 valence electrons. The van der Waals surface area contributed by atoms with Crippen molar-refractivity contribution in [2.45, 2.75) is 18.9 Å². The van der Waals surface area contributed by atoms with Crippen LogP contribution in [0, 0.1) is 0 Å². The van der Waals surface area contributed by atoms with Crippen molar-refractivity contribution in [2.24, 2.45) is 0 Å². The van der Waals surface area contributed by atoms with E-state index in [1.807, 2.05) is 12.1 Å². The third-order valence-corrected chi connectivity index (χ3v) is 3.17. The number of quaternary nitrogens is 1. The van der Waals surface area contributed by atoms with Crippen molar-refractivity contribution in [3.05, 3.63) is 48.0 Å². The Balaban J connectivity index is 2.12. The van der Waals surface area contributed by atoms with Gasteiger partial charge >= 0.3 is 5.97 Å². The highest BCUT2D eigenvalue weighted by Gasteiger charge is 2.12. The third kappa shape index (κ3) is 2.87. The van der Waals surface area contributed by atoms with Crippen molar-refractivity contribution in [3.63, 3.8) is 0 Å². The third-order valence-electron chi connectivity index (χ3n) is 3.17. The minimum atomic E-state index is -0.176. The molecule has 0 radical (unpaired) electrons. The van der Waals surface area contributed by atoms with Gasteiger partial charge in [-0.2, -0.15) is 0 Å². The van der Waals surface area contributed by atoms with Crippen LogP contribution in [-0.4, -0.2) is 13.1 Å². The molecule has 0 aliphatic carbocycles. The van der Waals surface area contributed by atoms with Gasteiger partial charge in [0.1, 0.15) is 6.04 Å². The monoisotopic (exact) mass is 244 g/mol. The summed E-state index contributed by atoms with van der Waals surface area (Å²) >= 11 is 0. The van der Waals surface area contributed by atoms with Gasteiger partial charge in [-0.15, -0.1) is 0 Å². The average molecular weight is 244 g/mol. The first-order valence-electron chi connectivity index (χ1n) is 6.09. The highest BCUT2D eigenvalue weighted by Crippen LogP contribution is 2.20. The van der Waals surface area contributed by atoms with E-state index in [-0.39, 0.29) is 12.0 Å². The summed E-state index contributed by atoms with van der Waals surface area (Å²) in [6.45, 7) is 0. The van der Waals surface area contributed by atoms with Crippen molar-refractivity contribution >= 4 is 16.7 Å². The van der Waals surface area contributed by atoms with Crippen LogP contribution in [0.4, 0.5) is 0 Å². The fraction of sp³-hybridized carbons (Fsp3) is 0.267. The molecule has 3 N–H and O–H groups in total. The summed E-state index contributed by atoms with van der Waals surface area (Å²) in [5.41, 5.74) is 5.28. The van der Waals surface area contributed by atoms with E-state index in [0.29, 0.717) is 12.8 Å². The molecule has 0 bridgehead atoms. The number of benzene rings is 2. The van der Waals surface area contributed by atoms with Gasteiger partial charge in [0.25, 0.3) is 0 Å². The van der Waals surface area contributed by atoms with E-state index < -0.39 is 0 Å². The van der Waals surface area contributed by atoms with E-state index in [9.17, 15) is 4.79 Å². The summed E-state index contributed by atoms with van der Waals surface area (Å²) in [5, 5.41) is 2.43. The lowest BCUT2D eigenvalue weighted by atomic mass is 9.99. The molecular formula is C15H18NO2+. The first kappa shape index (κ1) is 12.6. The zero-order valence-corrected chi connectivity index (χ0v) is 10.6. The molecule has 2 rings (SSSR count). The van der Waals surface area contributed by atoms with Gasteiger partial charge in [-0.1, -0.05) is 36.4 Å². The molecule has 0 saturated carbocycles. The van der Waals surface area contributed by atoms with Gasteiger partial charge in [0.2, 0.25) is 0 Å². The van der Waals surface area contributed by atoms with Crippen molar-refractivity contribution < 1.29 is 15.3 Å². The predicted molar refractivity (Wildman–Crippen MR) is 70.8 cm³/mol. The molecule has 3 nitrogen and oxygen atoms in total. The van der Waals surface area contributed by atoms with E-state index in [1.165, 1.54) is 17.9 Å². The molecule has 2 aromatic rings. The number of carbonyl (C=O) groups is 1. The largest absolute Gasteiger partial charge is 0.469 e. The second kappa shape index (κ2) is 5.65. The van der Waals surface area contributed by atoms with Gasteiger partial charge in [0.15, 0.2) is 0 Å². The van der Waals surface area contributed by atoms with Gasteiger partial charge < -0.3 is 10.5 Å². The minimum Gasteiger partial charge on any atom is -0.469 e.